The van der Waals surface area contributed by atoms with Crippen molar-refractivity contribution in [3.63, 3.8) is 0 Å². The van der Waals surface area contributed by atoms with Gasteiger partial charge in [-0.25, -0.2) is 4.79 Å². The molecule has 0 aromatic heterocycles. The van der Waals surface area contributed by atoms with Crippen molar-refractivity contribution in [3.8, 4) is 0 Å². The topological polar surface area (TPSA) is 49.4 Å². The van der Waals surface area contributed by atoms with E-state index in [1.165, 1.54) is 10.5 Å². The number of hydrogen-bond donors (Lipinski definition) is 1. The lowest BCUT2D eigenvalue weighted by Crippen LogP contribution is -2.40. The Morgan fingerprint density at radius 1 is 0.958 bits per heavy atom. The van der Waals surface area contributed by atoms with Crippen molar-refractivity contribution < 1.29 is 9.59 Å². The molecule has 0 unspecified atom stereocenters. The molecule has 1 N–H and O–H groups in total. The van der Waals surface area contributed by atoms with Crippen LogP contribution >= 0.6 is 0 Å². The molecule has 0 saturated carbocycles. The molecular weight excluding hydrogens is 300 g/mol. The number of hydrogen-bond acceptors (Lipinski definition) is 2. The predicted octanol–water partition coefficient (Wildman–Crippen LogP) is 3.61. The Balaban J connectivity index is 1.83. The third-order valence-electron chi connectivity index (χ3n) is 4.53. The van der Waals surface area contributed by atoms with Gasteiger partial charge in [-0.05, 0) is 30.0 Å². The quantitative estimate of drug-likeness (QED) is 0.855. The molecular formula is C20H22N2O2. The van der Waals surface area contributed by atoms with E-state index in [4.69, 9.17) is 0 Å². The van der Waals surface area contributed by atoms with Crippen LogP contribution in [0.1, 0.15) is 37.0 Å². The highest BCUT2D eigenvalue weighted by Gasteiger charge is 2.48. The zero-order valence-corrected chi connectivity index (χ0v) is 14.1. The molecule has 1 atom stereocenters. The van der Waals surface area contributed by atoms with Crippen molar-refractivity contribution in [2.45, 2.75) is 38.8 Å². The van der Waals surface area contributed by atoms with Gasteiger partial charge in [0.15, 0.2) is 0 Å². The maximum absolute atomic E-state index is 12.9. The van der Waals surface area contributed by atoms with Crippen molar-refractivity contribution in [1.29, 1.82) is 0 Å². The van der Waals surface area contributed by atoms with Crippen LogP contribution in [-0.4, -0.2) is 16.8 Å². The SMILES string of the molecule is CCCc1ccc([C@@]2(C)NC(=O)N(Cc3ccccc3)C2=O)cc1. The smallest absolute Gasteiger partial charge is 0.319 e. The first-order valence-corrected chi connectivity index (χ1v) is 8.32. The first-order valence-electron chi connectivity index (χ1n) is 8.32. The number of imide groups is 1. The predicted molar refractivity (Wildman–Crippen MR) is 93.3 cm³/mol. The summed E-state index contributed by atoms with van der Waals surface area (Å²) in [6.07, 6.45) is 2.09. The summed E-state index contributed by atoms with van der Waals surface area (Å²) in [7, 11) is 0. The van der Waals surface area contributed by atoms with Crippen LogP contribution < -0.4 is 5.32 Å². The number of carbonyl (C=O) groups is 2. The molecule has 1 heterocycles. The fourth-order valence-electron chi connectivity index (χ4n) is 3.10. The summed E-state index contributed by atoms with van der Waals surface area (Å²) in [5, 5.41) is 2.86. The van der Waals surface area contributed by atoms with Gasteiger partial charge in [-0.2, -0.15) is 0 Å². The number of rotatable bonds is 5. The number of carbonyl (C=O) groups excluding carboxylic acids is 2. The van der Waals surface area contributed by atoms with Gasteiger partial charge < -0.3 is 5.32 Å². The van der Waals surface area contributed by atoms with Crippen LogP contribution in [0, 0.1) is 0 Å². The average molecular weight is 322 g/mol. The van der Waals surface area contributed by atoms with Gasteiger partial charge in [-0.1, -0.05) is 67.9 Å². The molecule has 1 fully saturated rings. The fourth-order valence-corrected chi connectivity index (χ4v) is 3.10. The van der Waals surface area contributed by atoms with Crippen molar-refractivity contribution in [2.75, 3.05) is 0 Å². The zero-order valence-electron chi connectivity index (χ0n) is 14.1. The number of nitrogens with zero attached hydrogens (tertiary/aromatic N) is 1. The lowest BCUT2D eigenvalue weighted by molar-refractivity contribution is -0.131. The zero-order chi connectivity index (χ0) is 17.2. The normalized spacial score (nSPS) is 20.3. The summed E-state index contributed by atoms with van der Waals surface area (Å²) in [5.41, 5.74) is 1.99. The number of benzene rings is 2. The van der Waals surface area contributed by atoms with Crippen LogP contribution in [0.15, 0.2) is 54.6 Å². The first-order chi connectivity index (χ1) is 11.5. The monoisotopic (exact) mass is 322 g/mol. The molecule has 1 aliphatic rings. The molecule has 3 amide bonds. The van der Waals surface area contributed by atoms with Crippen LogP contribution in [0.4, 0.5) is 4.79 Å². The van der Waals surface area contributed by atoms with Gasteiger partial charge in [0.1, 0.15) is 5.54 Å². The highest BCUT2D eigenvalue weighted by Crippen LogP contribution is 2.30. The minimum absolute atomic E-state index is 0.209. The van der Waals surface area contributed by atoms with Gasteiger partial charge >= 0.3 is 6.03 Å². The van der Waals surface area contributed by atoms with E-state index >= 15 is 0 Å². The first kappa shape index (κ1) is 16.2. The highest BCUT2D eigenvalue weighted by molar-refractivity contribution is 6.07. The summed E-state index contributed by atoms with van der Waals surface area (Å²) in [4.78, 5) is 26.5. The van der Waals surface area contributed by atoms with E-state index in [9.17, 15) is 9.59 Å². The molecule has 0 spiro atoms. The molecule has 24 heavy (non-hydrogen) atoms. The van der Waals surface area contributed by atoms with E-state index in [-0.39, 0.29) is 18.5 Å². The molecule has 3 rings (SSSR count). The lowest BCUT2D eigenvalue weighted by Gasteiger charge is -2.22. The lowest BCUT2D eigenvalue weighted by atomic mass is 9.91. The molecule has 2 aromatic rings. The second kappa shape index (κ2) is 6.48. The summed E-state index contributed by atoms with van der Waals surface area (Å²) < 4.78 is 0. The molecule has 4 nitrogen and oxygen atoms in total. The largest absolute Gasteiger partial charge is 0.325 e. The Morgan fingerprint density at radius 2 is 1.62 bits per heavy atom. The third kappa shape index (κ3) is 2.92. The second-order valence-corrected chi connectivity index (χ2v) is 6.38. The number of aryl methyl sites for hydroxylation is 1. The van der Waals surface area contributed by atoms with E-state index in [0.29, 0.717) is 0 Å². The van der Waals surface area contributed by atoms with E-state index < -0.39 is 5.54 Å². The molecule has 124 valence electrons. The molecule has 1 aliphatic heterocycles. The van der Waals surface area contributed by atoms with E-state index in [1.54, 1.807) is 6.92 Å². The average Bonchev–Trinajstić information content (AvgIpc) is 2.81. The maximum atomic E-state index is 12.9. The van der Waals surface area contributed by atoms with Crippen molar-refractivity contribution in [1.82, 2.24) is 10.2 Å². The molecule has 0 radical (unpaired) electrons. The van der Waals surface area contributed by atoms with E-state index in [2.05, 4.69) is 12.2 Å². The Hall–Kier alpha value is -2.62. The summed E-state index contributed by atoms with van der Waals surface area (Å²) in [5.74, 6) is -0.209. The van der Waals surface area contributed by atoms with Gasteiger partial charge in [-0.15, -0.1) is 0 Å². The van der Waals surface area contributed by atoms with Gasteiger partial charge in [-0.3, -0.25) is 9.69 Å². The third-order valence-corrected chi connectivity index (χ3v) is 4.53. The number of amides is 3. The van der Waals surface area contributed by atoms with E-state index in [0.717, 1.165) is 24.0 Å². The molecule has 2 aromatic carbocycles. The van der Waals surface area contributed by atoms with Crippen LogP contribution in [0.3, 0.4) is 0 Å². The Morgan fingerprint density at radius 3 is 2.25 bits per heavy atom. The van der Waals surface area contributed by atoms with Crippen molar-refractivity contribution >= 4 is 11.9 Å². The van der Waals surface area contributed by atoms with E-state index in [1.807, 2.05) is 54.6 Å². The summed E-state index contributed by atoms with van der Waals surface area (Å²) >= 11 is 0. The van der Waals surface area contributed by atoms with Gasteiger partial charge in [0.25, 0.3) is 5.91 Å². The fraction of sp³-hybridized carbons (Fsp3) is 0.300. The molecule has 4 heteroatoms. The number of urea groups is 1. The summed E-state index contributed by atoms with van der Waals surface area (Å²) in [6.45, 7) is 4.19. The molecule has 0 aliphatic carbocycles. The van der Waals surface area contributed by atoms with Gasteiger partial charge in [0.2, 0.25) is 0 Å². The maximum Gasteiger partial charge on any atom is 0.325 e. The minimum atomic E-state index is -1.00. The standard InChI is InChI=1S/C20H22N2O2/c1-3-7-15-10-12-17(13-11-15)20(2)18(23)22(19(24)21-20)14-16-8-5-4-6-9-16/h4-6,8-13H,3,7,14H2,1-2H3,(H,21,24)/t20-/m1/s1. The Labute approximate surface area is 142 Å². The van der Waals surface area contributed by atoms with Gasteiger partial charge in [0.05, 0.1) is 6.54 Å². The second-order valence-electron chi connectivity index (χ2n) is 6.38. The minimum Gasteiger partial charge on any atom is -0.319 e. The Bertz CT molecular complexity index is 740. The highest BCUT2D eigenvalue weighted by atomic mass is 16.2. The summed E-state index contributed by atoms with van der Waals surface area (Å²) in [6, 6.07) is 17.1. The molecule has 1 saturated heterocycles. The Kier molecular flexibility index (Phi) is 4.38. The molecule has 0 bridgehead atoms. The van der Waals surface area contributed by atoms with Crippen molar-refractivity contribution in [3.05, 3.63) is 71.3 Å². The van der Waals surface area contributed by atoms with Crippen LogP contribution in [0.2, 0.25) is 0 Å². The van der Waals surface area contributed by atoms with Crippen LogP contribution in [0.5, 0.6) is 0 Å². The van der Waals surface area contributed by atoms with Gasteiger partial charge in [0, 0.05) is 0 Å². The van der Waals surface area contributed by atoms with Crippen LogP contribution in [0.25, 0.3) is 0 Å². The number of nitrogens with one attached hydrogen (secondary N) is 1. The van der Waals surface area contributed by atoms with Crippen LogP contribution in [-0.2, 0) is 23.3 Å². The van der Waals surface area contributed by atoms with Crippen molar-refractivity contribution in [2.24, 2.45) is 0 Å².